The Morgan fingerprint density at radius 2 is 1.81 bits per heavy atom. The Morgan fingerprint density at radius 1 is 1.22 bits per heavy atom. The van der Waals surface area contributed by atoms with E-state index in [0.717, 1.165) is 18.4 Å². The summed E-state index contributed by atoms with van der Waals surface area (Å²) >= 11 is 0. The average Bonchev–Trinajstić information content (AvgIpc) is 3.37. The molecule has 0 radical (unpaired) electrons. The van der Waals surface area contributed by atoms with Gasteiger partial charge in [0.1, 0.15) is 6.29 Å². The van der Waals surface area contributed by atoms with E-state index in [2.05, 4.69) is 22.9 Å². The van der Waals surface area contributed by atoms with E-state index in [1.165, 1.54) is 12.1 Å². The van der Waals surface area contributed by atoms with Crippen LogP contribution in [0.25, 0.3) is 0 Å². The Labute approximate surface area is 157 Å². The van der Waals surface area contributed by atoms with Crippen LogP contribution in [0.2, 0.25) is 0 Å². The van der Waals surface area contributed by atoms with Crippen molar-refractivity contribution in [3.63, 3.8) is 0 Å². The molecule has 1 aliphatic carbocycles. The minimum absolute atomic E-state index is 0.0378. The van der Waals surface area contributed by atoms with Crippen molar-refractivity contribution < 1.29 is 18.4 Å². The zero-order chi connectivity index (χ0) is 19.8. The van der Waals surface area contributed by atoms with Gasteiger partial charge in [-0.3, -0.25) is 19.8 Å². The van der Waals surface area contributed by atoms with Gasteiger partial charge in [0.25, 0.3) is 6.43 Å². The minimum Gasteiger partial charge on any atom is -0.347 e. The summed E-state index contributed by atoms with van der Waals surface area (Å²) in [6, 6.07) is 5.19. The van der Waals surface area contributed by atoms with Gasteiger partial charge in [-0.2, -0.15) is 0 Å². The summed E-state index contributed by atoms with van der Waals surface area (Å²) in [5, 5.41) is 8.94. The molecule has 6 nitrogen and oxygen atoms in total. The Hall–Kier alpha value is -2.06. The molecule has 0 bridgehead atoms. The van der Waals surface area contributed by atoms with Crippen molar-refractivity contribution in [2.24, 2.45) is 5.41 Å². The molecule has 1 aromatic rings. The molecule has 3 N–H and O–H groups in total. The first-order chi connectivity index (χ1) is 12.7. The lowest BCUT2D eigenvalue weighted by atomic mass is 9.90. The van der Waals surface area contributed by atoms with E-state index in [1.54, 1.807) is 31.1 Å². The molecule has 3 atom stereocenters. The van der Waals surface area contributed by atoms with Crippen molar-refractivity contribution in [1.29, 1.82) is 0 Å². The van der Waals surface area contributed by atoms with E-state index in [-0.39, 0.29) is 35.3 Å². The van der Waals surface area contributed by atoms with Crippen LogP contribution in [0, 0.1) is 5.41 Å². The van der Waals surface area contributed by atoms with Crippen molar-refractivity contribution in [1.82, 2.24) is 20.9 Å². The van der Waals surface area contributed by atoms with Crippen molar-refractivity contribution in [3.05, 3.63) is 35.4 Å². The molecule has 2 aliphatic rings. The molecule has 1 saturated heterocycles. The first kappa shape index (κ1) is 19.7. The van der Waals surface area contributed by atoms with Gasteiger partial charge in [-0.25, -0.2) is 8.78 Å². The van der Waals surface area contributed by atoms with E-state index in [1.807, 2.05) is 0 Å². The van der Waals surface area contributed by atoms with Gasteiger partial charge in [0, 0.05) is 5.56 Å². The van der Waals surface area contributed by atoms with E-state index >= 15 is 0 Å². The zero-order valence-electron chi connectivity index (χ0n) is 15.8. The number of nitrogens with one attached hydrogen (secondary N) is 3. The summed E-state index contributed by atoms with van der Waals surface area (Å²) in [4.78, 5) is 26.6. The maximum atomic E-state index is 12.9. The minimum atomic E-state index is -2.52. The van der Waals surface area contributed by atoms with Crippen LogP contribution in [0.3, 0.4) is 0 Å². The van der Waals surface area contributed by atoms with Crippen LogP contribution in [0.5, 0.6) is 0 Å². The molecule has 0 spiro atoms. The van der Waals surface area contributed by atoms with Crippen LogP contribution in [0.4, 0.5) is 8.78 Å². The molecule has 1 saturated carbocycles. The number of nitrogens with zero attached hydrogens (tertiary/aromatic N) is 1. The van der Waals surface area contributed by atoms with Crippen LogP contribution >= 0.6 is 0 Å². The van der Waals surface area contributed by atoms with E-state index in [9.17, 15) is 18.4 Å². The van der Waals surface area contributed by atoms with Gasteiger partial charge >= 0.3 is 0 Å². The predicted molar refractivity (Wildman–Crippen MR) is 96.8 cm³/mol. The number of benzene rings is 1. The monoisotopic (exact) mass is 380 g/mol. The number of amides is 2. The lowest BCUT2D eigenvalue weighted by Crippen LogP contribution is -2.65. The molecule has 3 rings (SSSR count). The molecule has 1 aliphatic heterocycles. The van der Waals surface area contributed by atoms with Gasteiger partial charge in [0.2, 0.25) is 11.8 Å². The summed E-state index contributed by atoms with van der Waals surface area (Å²) in [6.45, 7) is 2.07. The molecule has 27 heavy (non-hydrogen) atoms. The molecule has 2 unspecified atom stereocenters. The topological polar surface area (TPSA) is 73.5 Å². The highest BCUT2D eigenvalue weighted by Crippen LogP contribution is 2.54. The SMILES string of the molecule is CN(C)C1NC(=O)CC(C(=O)N[C@@H](c2ccc(C(F)F)cc2)C2(C)CC2)N1. The second-order valence-corrected chi connectivity index (χ2v) is 7.92. The number of carbonyl (C=O) groups is 2. The third-order valence-electron chi connectivity index (χ3n) is 5.42. The Morgan fingerprint density at radius 3 is 2.33 bits per heavy atom. The van der Waals surface area contributed by atoms with Crippen molar-refractivity contribution in [3.8, 4) is 0 Å². The third-order valence-corrected chi connectivity index (χ3v) is 5.42. The number of rotatable bonds is 6. The summed E-state index contributed by atoms with van der Waals surface area (Å²) in [5.41, 5.74) is 0.668. The molecule has 1 aromatic carbocycles. The fraction of sp³-hybridized carbons (Fsp3) is 0.579. The van der Waals surface area contributed by atoms with Gasteiger partial charge in [-0.05, 0) is 37.9 Å². The van der Waals surface area contributed by atoms with Crippen molar-refractivity contribution >= 4 is 11.8 Å². The van der Waals surface area contributed by atoms with E-state index in [4.69, 9.17) is 0 Å². The van der Waals surface area contributed by atoms with Gasteiger partial charge in [0.15, 0.2) is 0 Å². The number of alkyl halides is 2. The Balaban J connectivity index is 1.75. The van der Waals surface area contributed by atoms with Crippen LogP contribution in [0.15, 0.2) is 24.3 Å². The second-order valence-electron chi connectivity index (χ2n) is 7.92. The van der Waals surface area contributed by atoms with Gasteiger partial charge in [0.05, 0.1) is 18.5 Å². The highest BCUT2D eigenvalue weighted by molar-refractivity contribution is 5.89. The predicted octanol–water partition coefficient (Wildman–Crippen LogP) is 1.90. The summed E-state index contributed by atoms with van der Waals surface area (Å²) in [7, 11) is 3.60. The fourth-order valence-electron chi connectivity index (χ4n) is 3.36. The smallest absolute Gasteiger partial charge is 0.263 e. The van der Waals surface area contributed by atoms with Gasteiger partial charge in [-0.1, -0.05) is 31.2 Å². The lowest BCUT2D eigenvalue weighted by molar-refractivity contribution is -0.134. The second kappa shape index (κ2) is 7.52. The number of hydrogen-bond donors (Lipinski definition) is 3. The van der Waals surface area contributed by atoms with Crippen LogP contribution in [-0.4, -0.2) is 43.1 Å². The number of carbonyl (C=O) groups excluding carboxylic acids is 2. The quantitative estimate of drug-likeness (QED) is 0.705. The van der Waals surface area contributed by atoms with Crippen molar-refractivity contribution in [2.45, 2.75) is 51.0 Å². The summed E-state index contributed by atoms with van der Waals surface area (Å²) in [5.74, 6) is -0.448. The lowest BCUT2D eigenvalue weighted by Gasteiger charge is -2.36. The summed E-state index contributed by atoms with van der Waals surface area (Å²) < 4.78 is 25.6. The third kappa shape index (κ3) is 4.44. The fourth-order valence-corrected chi connectivity index (χ4v) is 3.36. The molecule has 1 heterocycles. The highest BCUT2D eigenvalue weighted by atomic mass is 19.3. The van der Waals surface area contributed by atoms with Crippen molar-refractivity contribution in [2.75, 3.05) is 14.1 Å². The average molecular weight is 380 g/mol. The largest absolute Gasteiger partial charge is 0.347 e. The zero-order valence-corrected chi connectivity index (χ0v) is 15.8. The Kier molecular flexibility index (Phi) is 5.48. The van der Waals surface area contributed by atoms with Gasteiger partial charge in [-0.15, -0.1) is 0 Å². The molecular weight excluding hydrogens is 354 g/mol. The molecule has 0 aromatic heterocycles. The van der Waals surface area contributed by atoms with Crippen LogP contribution in [0.1, 0.15) is 49.8 Å². The number of halogens is 2. The highest BCUT2D eigenvalue weighted by Gasteiger charge is 2.47. The normalized spacial score (nSPS) is 25.2. The molecule has 148 valence electrons. The first-order valence-corrected chi connectivity index (χ1v) is 9.10. The summed E-state index contributed by atoms with van der Waals surface area (Å²) in [6.07, 6.45) is -0.969. The first-order valence-electron chi connectivity index (χ1n) is 9.10. The van der Waals surface area contributed by atoms with Crippen LogP contribution < -0.4 is 16.0 Å². The van der Waals surface area contributed by atoms with Crippen LogP contribution in [-0.2, 0) is 9.59 Å². The standard InChI is InChI=1S/C19H26F2N4O2/c1-19(8-9-19)15(11-4-6-12(7-5-11)16(20)21)24-17(27)13-10-14(26)23-18(22-13)25(2)3/h4-7,13,15-16,18,22H,8-10H2,1-3H3,(H,23,26)(H,24,27)/t13?,15-,18?/m0/s1. The molecule has 8 heteroatoms. The molecular formula is C19H26F2N4O2. The Bertz CT molecular complexity index is 704. The number of hydrogen-bond acceptors (Lipinski definition) is 4. The molecule has 2 amide bonds. The molecule has 2 fully saturated rings. The van der Waals surface area contributed by atoms with E-state index < -0.39 is 18.8 Å². The van der Waals surface area contributed by atoms with E-state index in [0.29, 0.717) is 0 Å². The maximum Gasteiger partial charge on any atom is 0.263 e. The van der Waals surface area contributed by atoms with Gasteiger partial charge < -0.3 is 10.6 Å². The maximum absolute atomic E-state index is 12.9.